The standard InChI is InChI=1S/C20H20N4O3.C2HF3O2/c1-12-10-19(26)27-17-11-15(7-8-16(12)17)23-18(25)9-4-13-2-5-14(6-3-13)24-20(21)22;3-2(4,5)1(6)7/h2-3,5-8,10-11H,4,9H2,1H3,(H,23,25)(H4,21,22,24);(H,6,7). The minimum absolute atomic E-state index is 0.00328. The first kappa shape index (κ1) is 25.9. The lowest BCUT2D eigenvalue weighted by Crippen LogP contribution is -2.21. The summed E-state index contributed by atoms with van der Waals surface area (Å²) in [7, 11) is 0. The molecule has 0 unspecified atom stereocenters. The van der Waals surface area contributed by atoms with E-state index in [1.165, 1.54) is 6.07 Å². The van der Waals surface area contributed by atoms with Gasteiger partial charge in [-0.3, -0.25) is 4.79 Å². The first-order chi connectivity index (χ1) is 15.8. The molecule has 34 heavy (non-hydrogen) atoms. The van der Waals surface area contributed by atoms with Crippen LogP contribution in [0.1, 0.15) is 17.5 Å². The maximum Gasteiger partial charge on any atom is 0.490 e. The van der Waals surface area contributed by atoms with Crippen molar-refractivity contribution in [1.29, 1.82) is 0 Å². The predicted octanol–water partition coefficient (Wildman–Crippen LogP) is 3.21. The van der Waals surface area contributed by atoms with E-state index in [1.807, 2.05) is 25.1 Å². The average Bonchev–Trinajstić information content (AvgIpc) is 2.72. The van der Waals surface area contributed by atoms with Crippen LogP contribution in [-0.2, 0) is 16.0 Å². The minimum Gasteiger partial charge on any atom is -0.475 e. The molecule has 0 saturated heterocycles. The summed E-state index contributed by atoms with van der Waals surface area (Å²) in [5.74, 6) is -2.88. The first-order valence-electron chi connectivity index (χ1n) is 9.68. The van der Waals surface area contributed by atoms with Crippen molar-refractivity contribution < 1.29 is 32.3 Å². The molecule has 3 aromatic rings. The van der Waals surface area contributed by atoms with Gasteiger partial charge in [0.2, 0.25) is 5.91 Å². The fourth-order valence-electron chi connectivity index (χ4n) is 2.77. The Hall–Kier alpha value is -4.35. The molecule has 12 heteroatoms. The van der Waals surface area contributed by atoms with Gasteiger partial charge in [-0.15, -0.1) is 0 Å². The number of aryl methyl sites for hydroxylation is 2. The number of amides is 1. The zero-order valence-corrected chi connectivity index (χ0v) is 17.8. The molecule has 1 amide bonds. The second-order valence-corrected chi connectivity index (χ2v) is 7.01. The summed E-state index contributed by atoms with van der Waals surface area (Å²) in [5.41, 5.74) is 13.8. The summed E-state index contributed by atoms with van der Waals surface area (Å²) in [6.45, 7) is 1.84. The number of halogens is 3. The lowest BCUT2D eigenvalue weighted by Gasteiger charge is -2.07. The Morgan fingerprint density at radius 3 is 2.26 bits per heavy atom. The number of nitrogens with one attached hydrogen (secondary N) is 1. The van der Waals surface area contributed by atoms with E-state index in [-0.39, 0.29) is 11.9 Å². The number of anilines is 1. The van der Waals surface area contributed by atoms with Crippen molar-refractivity contribution in [3.8, 4) is 0 Å². The third-order valence-corrected chi connectivity index (χ3v) is 4.31. The highest BCUT2D eigenvalue weighted by Gasteiger charge is 2.38. The zero-order valence-electron chi connectivity index (χ0n) is 17.8. The monoisotopic (exact) mass is 478 g/mol. The van der Waals surface area contributed by atoms with E-state index in [0.717, 1.165) is 16.5 Å². The maximum absolute atomic E-state index is 12.2. The van der Waals surface area contributed by atoms with Crippen LogP contribution in [0, 0.1) is 6.92 Å². The molecule has 3 rings (SSSR count). The highest BCUT2D eigenvalue weighted by molar-refractivity contribution is 5.93. The molecule has 6 N–H and O–H groups in total. The molecule has 180 valence electrons. The third kappa shape index (κ3) is 7.97. The number of hydrogen-bond donors (Lipinski definition) is 4. The van der Waals surface area contributed by atoms with Crippen LogP contribution in [0.4, 0.5) is 24.5 Å². The summed E-state index contributed by atoms with van der Waals surface area (Å²) in [6.07, 6.45) is -4.19. The van der Waals surface area contributed by atoms with Gasteiger partial charge < -0.3 is 26.3 Å². The van der Waals surface area contributed by atoms with Gasteiger partial charge in [0.15, 0.2) is 5.96 Å². The van der Waals surface area contributed by atoms with Crippen molar-refractivity contribution in [1.82, 2.24) is 0 Å². The van der Waals surface area contributed by atoms with Crippen LogP contribution < -0.4 is 22.4 Å². The summed E-state index contributed by atoms with van der Waals surface area (Å²) in [5, 5.41) is 10.8. The van der Waals surface area contributed by atoms with Gasteiger partial charge in [-0.25, -0.2) is 14.6 Å². The second-order valence-electron chi connectivity index (χ2n) is 7.01. The Balaban J connectivity index is 0.000000509. The van der Waals surface area contributed by atoms with Crippen molar-refractivity contribution in [2.45, 2.75) is 25.9 Å². The highest BCUT2D eigenvalue weighted by Crippen LogP contribution is 2.21. The van der Waals surface area contributed by atoms with Gasteiger partial charge >= 0.3 is 17.8 Å². The van der Waals surface area contributed by atoms with Crippen molar-refractivity contribution in [2.75, 3.05) is 5.32 Å². The van der Waals surface area contributed by atoms with Gasteiger partial charge in [-0.1, -0.05) is 12.1 Å². The first-order valence-corrected chi connectivity index (χ1v) is 9.68. The Bertz CT molecular complexity index is 1260. The lowest BCUT2D eigenvalue weighted by atomic mass is 10.1. The number of benzene rings is 2. The Kier molecular flexibility index (Phi) is 8.37. The number of nitrogens with two attached hydrogens (primary N) is 2. The van der Waals surface area contributed by atoms with E-state index in [9.17, 15) is 22.8 Å². The number of guanidine groups is 1. The van der Waals surface area contributed by atoms with E-state index in [1.54, 1.807) is 24.3 Å². The SMILES string of the molecule is Cc1cc(=O)oc2cc(NC(=O)CCc3ccc(N=C(N)N)cc3)ccc12.O=C(O)C(F)(F)F. The van der Waals surface area contributed by atoms with Crippen LogP contribution in [0.5, 0.6) is 0 Å². The van der Waals surface area contributed by atoms with Crippen LogP contribution in [0.3, 0.4) is 0 Å². The second kappa shape index (κ2) is 11.0. The van der Waals surface area contributed by atoms with E-state index in [0.29, 0.717) is 29.8 Å². The van der Waals surface area contributed by atoms with Gasteiger partial charge in [0.05, 0.1) is 5.69 Å². The molecular weight excluding hydrogens is 457 g/mol. The Morgan fingerprint density at radius 1 is 1.09 bits per heavy atom. The number of hydrogen-bond acceptors (Lipinski definition) is 5. The number of carbonyl (C=O) groups is 2. The molecule has 0 aliphatic carbocycles. The molecule has 1 heterocycles. The van der Waals surface area contributed by atoms with Gasteiger partial charge in [0.1, 0.15) is 5.58 Å². The molecule has 0 aliphatic rings. The van der Waals surface area contributed by atoms with Crippen LogP contribution >= 0.6 is 0 Å². The predicted molar refractivity (Wildman–Crippen MR) is 120 cm³/mol. The van der Waals surface area contributed by atoms with Crippen molar-refractivity contribution in [3.63, 3.8) is 0 Å². The van der Waals surface area contributed by atoms with Crippen LogP contribution in [0.15, 0.2) is 62.7 Å². The number of carbonyl (C=O) groups excluding carboxylic acids is 1. The number of rotatable bonds is 5. The number of fused-ring (bicyclic) bond motifs is 1. The third-order valence-electron chi connectivity index (χ3n) is 4.31. The molecule has 0 spiro atoms. The quantitative estimate of drug-likeness (QED) is 0.249. The molecule has 9 nitrogen and oxygen atoms in total. The molecular formula is C22H21F3N4O5. The minimum atomic E-state index is -5.08. The van der Waals surface area contributed by atoms with E-state index in [4.69, 9.17) is 25.8 Å². The zero-order chi connectivity index (χ0) is 25.5. The number of aliphatic carboxylic acids is 1. The molecule has 0 radical (unpaired) electrons. The molecule has 0 atom stereocenters. The highest BCUT2D eigenvalue weighted by atomic mass is 19.4. The van der Waals surface area contributed by atoms with Crippen molar-refractivity contribution in [2.24, 2.45) is 16.5 Å². The largest absolute Gasteiger partial charge is 0.490 e. The Labute approximate surface area is 190 Å². The van der Waals surface area contributed by atoms with E-state index >= 15 is 0 Å². The fourth-order valence-corrected chi connectivity index (χ4v) is 2.77. The molecule has 0 aliphatic heterocycles. The summed E-state index contributed by atoms with van der Waals surface area (Å²) in [4.78, 5) is 36.6. The van der Waals surface area contributed by atoms with Crippen molar-refractivity contribution >= 4 is 40.2 Å². The van der Waals surface area contributed by atoms with Gasteiger partial charge in [0, 0.05) is 29.6 Å². The van der Waals surface area contributed by atoms with E-state index in [2.05, 4.69) is 10.3 Å². The van der Waals surface area contributed by atoms with Crippen LogP contribution in [0.2, 0.25) is 0 Å². The van der Waals surface area contributed by atoms with Gasteiger partial charge in [0.25, 0.3) is 0 Å². The molecule has 2 aromatic carbocycles. The molecule has 0 fully saturated rings. The topological polar surface area (TPSA) is 161 Å². The molecule has 1 aromatic heterocycles. The van der Waals surface area contributed by atoms with Crippen LogP contribution in [-0.4, -0.2) is 29.1 Å². The lowest BCUT2D eigenvalue weighted by molar-refractivity contribution is -0.192. The number of carboxylic acids is 1. The maximum atomic E-state index is 12.2. The summed E-state index contributed by atoms with van der Waals surface area (Å²) < 4.78 is 36.9. The number of nitrogens with zero attached hydrogens (tertiary/aromatic N) is 1. The summed E-state index contributed by atoms with van der Waals surface area (Å²) >= 11 is 0. The van der Waals surface area contributed by atoms with Gasteiger partial charge in [-0.05, 0) is 48.7 Å². The fraction of sp³-hybridized carbons (Fsp3) is 0.182. The smallest absolute Gasteiger partial charge is 0.475 e. The van der Waals surface area contributed by atoms with Crippen molar-refractivity contribution in [3.05, 3.63) is 70.1 Å². The van der Waals surface area contributed by atoms with E-state index < -0.39 is 17.8 Å². The number of aliphatic imine (C=N–C) groups is 1. The Morgan fingerprint density at radius 2 is 1.71 bits per heavy atom. The average molecular weight is 478 g/mol. The van der Waals surface area contributed by atoms with Crippen LogP contribution in [0.25, 0.3) is 11.0 Å². The molecule has 0 saturated carbocycles. The summed E-state index contributed by atoms with van der Waals surface area (Å²) in [6, 6.07) is 14.1. The number of alkyl halides is 3. The van der Waals surface area contributed by atoms with Gasteiger partial charge in [-0.2, -0.15) is 13.2 Å². The number of carboxylic acid groups (broad SMARTS) is 1. The normalized spacial score (nSPS) is 10.7. The molecule has 0 bridgehead atoms.